The molecule has 0 radical (unpaired) electrons. The molecule has 0 aromatic carbocycles. The molecular formula is C7H15NO2. The summed E-state index contributed by atoms with van der Waals surface area (Å²) < 4.78 is 0. The largest absolute Gasteiger partial charge is 0.394 e. The lowest BCUT2D eigenvalue weighted by molar-refractivity contribution is -0.132. The van der Waals surface area contributed by atoms with Crippen molar-refractivity contribution in [3.63, 3.8) is 0 Å². The van der Waals surface area contributed by atoms with Crippen LogP contribution in [0.4, 0.5) is 0 Å². The number of nitrogens with zero attached hydrogens (tertiary/aromatic N) is 1. The average Bonchev–Trinajstić information content (AvgIpc) is 2.00. The first-order chi connectivity index (χ1) is 4.63. The van der Waals surface area contributed by atoms with Crippen LogP contribution in [0.5, 0.6) is 0 Å². The third-order valence-corrected chi connectivity index (χ3v) is 1.62. The summed E-state index contributed by atoms with van der Waals surface area (Å²) in [5, 5.41) is 8.66. The summed E-state index contributed by atoms with van der Waals surface area (Å²) >= 11 is 0. The fourth-order valence-corrected chi connectivity index (χ4v) is 0.618. The molecule has 0 heterocycles. The number of carbonyl (C=O) groups excluding carboxylic acids is 1. The van der Waals surface area contributed by atoms with Gasteiger partial charge in [-0.2, -0.15) is 0 Å². The van der Waals surface area contributed by atoms with Crippen LogP contribution in [0.25, 0.3) is 0 Å². The summed E-state index contributed by atoms with van der Waals surface area (Å²) in [6, 6.07) is -0.0625. The van der Waals surface area contributed by atoms with Crippen LogP contribution in [0.15, 0.2) is 0 Å². The normalized spacial score (nSPS) is 12.8. The molecule has 0 saturated carbocycles. The zero-order valence-electron chi connectivity index (χ0n) is 6.79. The molecule has 0 aliphatic heterocycles. The third kappa shape index (κ3) is 2.35. The fourth-order valence-electron chi connectivity index (χ4n) is 0.618. The Morgan fingerprint density at radius 1 is 1.70 bits per heavy atom. The number of aliphatic hydroxyl groups excluding tert-OH is 1. The lowest BCUT2D eigenvalue weighted by Gasteiger charge is -2.22. The number of aliphatic hydroxyl groups is 1. The highest BCUT2D eigenvalue weighted by Gasteiger charge is 2.11. The van der Waals surface area contributed by atoms with Gasteiger partial charge in [-0.1, -0.05) is 6.92 Å². The van der Waals surface area contributed by atoms with Crippen molar-refractivity contribution in [2.75, 3.05) is 13.7 Å². The van der Waals surface area contributed by atoms with Gasteiger partial charge >= 0.3 is 0 Å². The number of amides is 1. The van der Waals surface area contributed by atoms with Crippen molar-refractivity contribution >= 4 is 5.91 Å². The zero-order valence-corrected chi connectivity index (χ0v) is 6.79. The van der Waals surface area contributed by atoms with Gasteiger partial charge in [-0.05, 0) is 6.92 Å². The van der Waals surface area contributed by atoms with E-state index in [1.807, 2.05) is 13.8 Å². The molecule has 60 valence electrons. The lowest BCUT2D eigenvalue weighted by atomic mass is 10.3. The molecule has 1 amide bonds. The summed E-state index contributed by atoms with van der Waals surface area (Å²) in [6.07, 6.45) is 0.501. The molecule has 0 aliphatic rings. The van der Waals surface area contributed by atoms with E-state index in [9.17, 15) is 4.79 Å². The van der Waals surface area contributed by atoms with Gasteiger partial charge in [0.15, 0.2) is 0 Å². The molecule has 0 bridgehead atoms. The quantitative estimate of drug-likeness (QED) is 0.617. The van der Waals surface area contributed by atoms with Crippen LogP contribution in [0, 0.1) is 0 Å². The van der Waals surface area contributed by atoms with Crippen LogP contribution in [0.2, 0.25) is 0 Å². The summed E-state index contributed by atoms with van der Waals surface area (Å²) in [7, 11) is 1.70. The summed E-state index contributed by atoms with van der Waals surface area (Å²) in [4.78, 5) is 12.5. The molecule has 3 heteroatoms. The van der Waals surface area contributed by atoms with E-state index in [-0.39, 0.29) is 18.6 Å². The van der Waals surface area contributed by atoms with Crippen LogP contribution in [0.3, 0.4) is 0 Å². The predicted molar refractivity (Wildman–Crippen MR) is 39.6 cm³/mol. The first-order valence-electron chi connectivity index (χ1n) is 3.50. The van der Waals surface area contributed by atoms with E-state index in [2.05, 4.69) is 0 Å². The van der Waals surface area contributed by atoms with Crippen molar-refractivity contribution in [1.29, 1.82) is 0 Å². The molecule has 0 aromatic rings. The van der Waals surface area contributed by atoms with Crippen molar-refractivity contribution in [3.05, 3.63) is 0 Å². The Balaban J connectivity index is 3.81. The minimum absolute atomic E-state index is 0.0300. The highest BCUT2D eigenvalue weighted by molar-refractivity contribution is 5.75. The van der Waals surface area contributed by atoms with Gasteiger partial charge in [-0.25, -0.2) is 0 Å². The summed E-state index contributed by atoms with van der Waals surface area (Å²) in [5.41, 5.74) is 0. The smallest absolute Gasteiger partial charge is 0.222 e. The molecule has 1 atom stereocenters. The van der Waals surface area contributed by atoms with Gasteiger partial charge in [0.1, 0.15) is 0 Å². The van der Waals surface area contributed by atoms with Gasteiger partial charge in [-0.15, -0.1) is 0 Å². The number of likely N-dealkylation sites (N-methyl/N-ethyl adjacent to an activating group) is 1. The first-order valence-corrected chi connectivity index (χ1v) is 3.50. The Morgan fingerprint density at radius 2 is 2.20 bits per heavy atom. The van der Waals surface area contributed by atoms with Gasteiger partial charge in [0, 0.05) is 13.5 Å². The molecule has 0 rings (SSSR count). The second kappa shape index (κ2) is 4.28. The number of hydrogen-bond acceptors (Lipinski definition) is 2. The van der Waals surface area contributed by atoms with E-state index in [4.69, 9.17) is 5.11 Å². The maximum Gasteiger partial charge on any atom is 0.222 e. The monoisotopic (exact) mass is 145 g/mol. The SMILES string of the molecule is CCC(=O)N(C)C(C)CO. The Hall–Kier alpha value is -0.570. The van der Waals surface area contributed by atoms with E-state index in [1.54, 1.807) is 11.9 Å². The topological polar surface area (TPSA) is 40.5 Å². The first kappa shape index (κ1) is 9.43. The highest BCUT2D eigenvalue weighted by Crippen LogP contribution is 1.96. The van der Waals surface area contributed by atoms with E-state index >= 15 is 0 Å². The second-order valence-electron chi connectivity index (χ2n) is 2.39. The average molecular weight is 145 g/mol. The van der Waals surface area contributed by atoms with E-state index in [0.29, 0.717) is 6.42 Å². The Bertz CT molecular complexity index is 114. The molecule has 0 aliphatic carbocycles. The maximum atomic E-state index is 10.9. The van der Waals surface area contributed by atoms with Crippen molar-refractivity contribution in [2.45, 2.75) is 26.3 Å². The number of rotatable bonds is 3. The number of carbonyl (C=O) groups is 1. The van der Waals surface area contributed by atoms with Crippen LogP contribution in [0.1, 0.15) is 20.3 Å². The molecular weight excluding hydrogens is 130 g/mol. The molecule has 0 spiro atoms. The van der Waals surface area contributed by atoms with Gasteiger partial charge in [0.25, 0.3) is 0 Å². The Kier molecular flexibility index (Phi) is 4.03. The van der Waals surface area contributed by atoms with Gasteiger partial charge in [0.05, 0.1) is 12.6 Å². The van der Waals surface area contributed by atoms with Crippen molar-refractivity contribution in [3.8, 4) is 0 Å². The second-order valence-corrected chi connectivity index (χ2v) is 2.39. The molecule has 0 aromatic heterocycles. The molecule has 10 heavy (non-hydrogen) atoms. The van der Waals surface area contributed by atoms with E-state index in [1.165, 1.54) is 0 Å². The molecule has 0 fully saturated rings. The predicted octanol–water partition coefficient (Wildman–Crippen LogP) is 0.236. The van der Waals surface area contributed by atoms with Crippen LogP contribution >= 0.6 is 0 Å². The van der Waals surface area contributed by atoms with E-state index in [0.717, 1.165) is 0 Å². The van der Waals surface area contributed by atoms with Crippen LogP contribution < -0.4 is 0 Å². The van der Waals surface area contributed by atoms with Gasteiger partial charge in [-0.3, -0.25) is 4.79 Å². The molecule has 1 N–H and O–H groups in total. The van der Waals surface area contributed by atoms with Gasteiger partial charge < -0.3 is 10.0 Å². The van der Waals surface area contributed by atoms with Crippen molar-refractivity contribution < 1.29 is 9.90 Å². The maximum absolute atomic E-state index is 10.9. The minimum Gasteiger partial charge on any atom is -0.394 e. The molecule has 1 unspecified atom stereocenters. The zero-order chi connectivity index (χ0) is 8.15. The van der Waals surface area contributed by atoms with Crippen LogP contribution in [-0.2, 0) is 4.79 Å². The van der Waals surface area contributed by atoms with Crippen molar-refractivity contribution in [2.24, 2.45) is 0 Å². The van der Waals surface area contributed by atoms with Crippen molar-refractivity contribution in [1.82, 2.24) is 4.90 Å². The standard InChI is InChI=1S/C7H15NO2/c1-4-7(10)8(3)6(2)5-9/h6,9H,4-5H2,1-3H3. The number of hydrogen-bond donors (Lipinski definition) is 1. The third-order valence-electron chi connectivity index (χ3n) is 1.62. The van der Waals surface area contributed by atoms with Gasteiger partial charge in [0.2, 0.25) is 5.91 Å². The summed E-state index contributed by atoms with van der Waals surface area (Å²) in [6.45, 7) is 3.65. The Morgan fingerprint density at radius 3 is 2.50 bits per heavy atom. The van der Waals surface area contributed by atoms with Crippen LogP contribution in [-0.4, -0.2) is 35.6 Å². The Labute approximate surface area is 61.6 Å². The fraction of sp³-hybridized carbons (Fsp3) is 0.857. The molecule has 0 saturated heterocycles. The molecule has 3 nitrogen and oxygen atoms in total. The van der Waals surface area contributed by atoms with E-state index < -0.39 is 0 Å². The highest BCUT2D eigenvalue weighted by atomic mass is 16.3. The minimum atomic E-state index is -0.0625. The lowest BCUT2D eigenvalue weighted by Crippen LogP contribution is -2.36. The summed E-state index contributed by atoms with van der Waals surface area (Å²) in [5.74, 6) is 0.0709.